The van der Waals surface area contributed by atoms with Gasteiger partial charge in [0.1, 0.15) is 0 Å². The van der Waals surface area contributed by atoms with Crippen LogP contribution in [-0.4, -0.2) is 12.1 Å². The lowest BCUT2D eigenvalue weighted by Crippen LogP contribution is -2.40. The fraction of sp³-hybridized carbons (Fsp3) is 0.333. The summed E-state index contributed by atoms with van der Waals surface area (Å²) in [7, 11) is 0. The van der Waals surface area contributed by atoms with Gasteiger partial charge in [-0.05, 0) is 93.5 Å². The Balaban J connectivity index is 1.58. The van der Waals surface area contributed by atoms with Crippen molar-refractivity contribution < 1.29 is 0 Å². The second kappa shape index (κ2) is 8.84. The van der Waals surface area contributed by atoms with Crippen LogP contribution in [0.4, 0.5) is 22.7 Å². The maximum Gasteiger partial charge on any atom is 0.0623 e. The van der Waals surface area contributed by atoms with Crippen molar-refractivity contribution in [2.75, 3.05) is 16.0 Å². The van der Waals surface area contributed by atoms with Gasteiger partial charge in [0, 0.05) is 28.5 Å². The summed E-state index contributed by atoms with van der Waals surface area (Å²) >= 11 is 6.24. The Bertz CT molecular complexity index is 1060. The third-order valence-corrected chi connectivity index (χ3v) is 6.64. The molecule has 0 saturated heterocycles. The van der Waals surface area contributed by atoms with Gasteiger partial charge in [-0.15, -0.1) is 0 Å². The van der Waals surface area contributed by atoms with Gasteiger partial charge in [-0.2, -0.15) is 0 Å². The van der Waals surface area contributed by atoms with Gasteiger partial charge in [-0.3, -0.25) is 0 Å². The van der Waals surface area contributed by atoms with Gasteiger partial charge in [0.25, 0.3) is 0 Å². The number of hydrogen-bond acceptors (Lipinski definition) is 3. The fourth-order valence-electron chi connectivity index (χ4n) is 4.64. The van der Waals surface area contributed by atoms with Crippen LogP contribution in [0.25, 0.3) is 0 Å². The van der Waals surface area contributed by atoms with E-state index in [0.29, 0.717) is 12.1 Å². The van der Waals surface area contributed by atoms with Gasteiger partial charge in [0.15, 0.2) is 0 Å². The molecule has 0 bridgehead atoms. The Kier molecular flexibility index (Phi) is 6.15. The van der Waals surface area contributed by atoms with Crippen molar-refractivity contribution in [3.05, 3.63) is 81.4 Å². The largest absolute Gasteiger partial charge is 0.380 e. The summed E-state index contributed by atoms with van der Waals surface area (Å²) in [5.41, 5.74) is 11.0. The molecule has 4 rings (SSSR count). The van der Waals surface area contributed by atoms with Gasteiger partial charge >= 0.3 is 0 Å². The van der Waals surface area contributed by atoms with Gasteiger partial charge in [-0.25, -0.2) is 0 Å². The summed E-state index contributed by atoms with van der Waals surface area (Å²) in [6.07, 6.45) is 2.18. The minimum Gasteiger partial charge on any atom is -0.380 e. The molecule has 3 aromatic carbocycles. The Morgan fingerprint density at radius 3 is 2.23 bits per heavy atom. The lowest BCUT2D eigenvalue weighted by atomic mass is 9.93. The highest BCUT2D eigenvalue weighted by molar-refractivity contribution is 6.30. The van der Waals surface area contributed by atoms with E-state index < -0.39 is 0 Å². The number of rotatable bonds is 5. The Labute approximate surface area is 191 Å². The van der Waals surface area contributed by atoms with Crippen LogP contribution in [0.15, 0.2) is 48.5 Å². The van der Waals surface area contributed by atoms with E-state index in [9.17, 15) is 0 Å². The first-order chi connectivity index (χ1) is 14.8. The lowest BCUT2D eigenvalue weighted by Gasteiger charge is -2.34. The first-order valence-corrected chi connectivity index (χ1v) is 11.5. The van der Waals surface area contributed by atoms with Crippen LogP contribution >= 0.6 is 11.6 Å². The van der Waals surface area contributed by atoms with Crippen molar-refractivity contribution in [2.24, 2.45) is 0 Å². The quantitative estimate of drug-likeness (QED) is 0.388. The molecule has 0 aromatic heterocycles. The predicted molar refractivity (Wildman–Crippen MR) is 135 cm³/mol. The summed E-state index contributed by atoms with van der Waals surface area (Å²) in [6.45, 7) is 10.8. The molecule has 1 aliphatic heterocycles. The maximum atomic E-state index is 6.24. The van der Waals surface area contributed by atoms with Crippen LogP contribution in [0.1, 0.15) is 41.2 Å². The van der Waals surface area contributed by atoms with Crippen molar-refractivity contribution in [3.8, 4) is 0 Å². The van der Waals surface area contributed by atoms with Crippen LogP contribution in [0.2, 0.25) is 5.02 Å². The zero-order valence-corrected chi connectivity index (χ0v) is 19.8. The Hall–Kier alpha value is -2.65. The molecule has 4 heteroatoms. The van der Waals surface area contributed by atoms with E-state index in [1.807, 2.05) is 12.1 Å². The first-order valence-electron chi connectivity index (χ1n) is 11.1. The van der Waals surface area contributed by atoms with E-state index in [1.165, 1.54) is 28.1 Å². The van der Waals surface area contributed by atoms with Crippen molar-refractivity contribution in [3.63, 3.8) is 0 Å². The molecule has 1 aliphatic rings. The maximum absolute atomic E-state index is 6.24. The molecule has 1 heterocycles. The average Bonchev–Trinajstić information content (AvgIpc) is 2.73. The van der Waals surface area contributed by atoms with Crippen molar-refractivity contribution >= 4 is 34.4 Å². The van der Waals surface area contributed by atoms with Crippen LogP contribution in [0.5, 0.6) is 0 Å². The number of anilines is 4. The number of benzene rings is 3. The first kappa shape index (κ1) is 21.6. The standard InChI is InChI=1S/C27H32ClN3/c1-16-8-6-9-17(2)25(16)29-20(5)23-13-12-21-10-7-11-24(27(21)30-23)31-26-18(3)14-22(28)15-19(26)4/h6-11,14-15,20,23,29-31H,12-13H2,1-5H3. The van der Waals surface area contributed by atoms with Crippen LogP contribution < -0.4 is 16.0 Å². The molecule has 3 N–H and O–H groups in total. The van der Waals surface area contributed by atoms with Crippen molar-refractivity contribution in [1.82, 2.24) is 0 Å². The van der Waals surface area contributed by atoms with E-state index >= 15 is 0 Å². The monoisotopic (exact) mass is 433 g/mol. The van der Waals surface area contributed by atoms with E-state index in [4.69, 9.17) is 11.6 Å². The molecule has 0 radical (unpaired) electrons. The normalized spacial score (nSPS) is 16.3. The second-order valence-corrected chi connectivity index (χ2v) is 9.31. The summed E-state index contributed by atoms with van der Waals surface area (Å²) in [5.74, 6) is 0. The van der Waals surface area contributed by atoms with E-state index in [-0.39, 0.29) is 0 Å². The summed E-state index contributed by atoms with van der Waals surface area (Å²) in [5, 5.41) is 12.1. The fourth-order valence-corrected chi connectivity index (χ4v) is 4.97. The van der Waals surface area contributed by atoms with E-state index in [2.05, 4.69) is 87.0 Å². The molecule has 0 amide bonds. The molecular weight excluding hydrogens is 402 g/mol. The number of halogens is 1. The SMILES string of the molecule is Cc1cc(Cl)cc(C)c1Nc1cccc2c1NC(C(C)Nc1c(C)cccc1C)CC2. The average molecular weight is 434 g/mol. The third kappa shape index (κ3) is 4.52. The molecule has 0 aliphatic carbocycles. The molecule has 3 nitrogen and oxygen atoms in total. The molecule has 162 valence electrons. The summed E-state index contributed by atoms with van der Waals surface area (Å²) in [4.78, 5) is 0. The topological polar surface area (TPSA) is 36.1 Å². The van der Waals surface area contributed by atoms with Gasteiger partial charge < -0.3 is 16.0 Å². The van der Waals surface area contributed by atoms with Crippen LogP contribution in [0, 0.1) is 27.7 Å². The van der Waals surface area contributed by atoms with Crippen molar-refractivity contribution in [2.45, 2.75) is 59.5 Å². The highest BCUT2D eigenvalue weighted by atomic mass is 35.5. The lowest BCUT2D eigenvalue weighted by molar-refractivity contribution is 0.566. The number of nitrogens with one attached hydrogen (secondary N) is 3. The Morgan fingerprint density at radius 2 is 1.55 bits per heavy atom. The third-order valence-electron chi connectivity index (χ3n) is 6.42. The second-order valence-electron chi connectivity index (χ2n) is 8.87. The molecule has 2 atom stereocenters. The smallest absolute Gasteiger partial charge is 0.0623 e. The molecule has 0 saturated carbocycles. The number of aryl methyl sites for hydroxylation is 5. The summed E-state index contributed by atoms with van der Waals surface area (Å²) < 4.78 is 0. The molecule has 2 unspecified atom stereocenters. The van der Waals surface area contributed by atoms with E-state index in [0.717, 1.165) is 40.4 Å². The van der Waals surface area contributed by atoms with Gasteiger partial charge in [0.05, 0.1) is 11.4 Å². The number of para-hydroxylation sites is 2. The minimum absolute atomic E-state index is 0.306. The zero-order valence-electron chi connectivity index (χ0n) is 19.1. The van der Waals surface area contributed by atoms with Gasteiger partial charge in [0.2, 0.25) is 0 Å². The van der Waals surface area contributed by atoms with E-state index in [1.54, 1.807) is 0 Å². The van der Waals surface area contributed by atoms with Gasteiger partial charge in [-0.1, -0.05) is 41.9 Å². The van der Waals surface area contributed by atoms with Crippen molar-refractivity contribution in [1.29, 1.82) is 0 Å². The van der Waals surface area contributed by atoms with Crippen LogP contribution in [-0.2, 0) is 6.42 Å². The molecular formula is C27H32ClN3. The highest BCUT2D eigenvalue weighted by Gasteiger charge is 2.25. The summed E-state index contributed by atoms with van der Waals surface area (Å²) in [6, 6.07) is 17.7. The molecule has 3 aromatic rings. The Morgan fingerprint density at radius 1 is 0.903 bits per heavy atom. The predicted octanol–water partition coefficient (Wildman–Crippen LogP) is 7.54. The molecule has 0 fully saturated rings. The minimum atomic E-state index is 0.306. The van der Waals surface area contributed by atoms with Crippen LogP contribution in [0.3, 0.4) is 0 Å². The zero-order chi connectivity index (χ0) is 22.1. The highest BCUT2D eigenvalue weighted by Crippen LogP contribution is 2.37. The number of fused-ring (bicyclic) bond motifs is 1. The molecule has 31 heavy (non-hydrogen) atoms. The molecule has 0 spiro atoms. The number of hydrogen-bond donors (Lipinski definition) is 3.